The first-order valence-corrected chi connectivity index (χ1v) is 9.25. The van der Waals surface area contributed by atoms with E-state index in [1.807, 2.05) is 34.6 Å². The molecule has 3 aliphatic rings. The van der Waals surface area contributed by atoms with Gasteiger partial charge in [-0.1, -0.05) is 30.6 Å². The van der Waals surface area contributed by atoms with E-state index in [-0.39, 0.29) is 29.5 Å². The summed E-state index contributed by atoms with van der Waals surface area (Å²) in [5.41, 5.74) is 3.47. The maximum absolute atomic E-state index is 12.5. The number of carbonyl (C=O) groups is 3. The summed E-state index contributed by atoms with van der Waals surface area (Å²) in [6.45, 7) is 9.48. The van der Waals surface area contributed by atoms with E-state index >= 15 is 0 Å². The summed E-state index contributed by atoms with van der Waals surface area (Å²) in [6.07, 6.45) is 3.42. The van der Waals surface area contributed by atoms with Gasteiger partial charge in [-0.3, -0.25) is 9.59 Å². The van der Waals surface area contributed by atoms with Gasteiger partial charge in [0.15, 0.2) is 5.78 Å². The van der Waals surface area contributed by atoms with Gasteiger partial charge in [-0.05, 0) is 33.3 Å². The van der Waals surface area contributed by atoms with Gasteiger partial charge in [0.05, 0.1) is 5.92 Å². The maximum Gasteiger partial charge on any atom is 0.330 e. The second kappa shape index (κ2) is 6.86. The Balaban J connectivity index is 1.98. The average molecular weight is 358 g/mol. The number of ketones is 1. The van der Waals surface area contributed by atoms with Gasteiger partial charge in [-0.15, -0.1) is 0 Å². The Morgan fingerprint density at radius 2 is 2.04 bits per heavy atom. The predicted molar refractivity (Wildman–Crippen MR) is 96.0 cm³/mol. The lowest BCUT2D eigenvalue weighted by Crippen LogP contribution is -2.37. The number of esters is 2. The molecule has 0 bridgehead atoms. The van der Waals surface area contributed by atoms with Crippen LogP contribution in [0, 0.1) is 17.8 Å². The summed E-state index contributed by atoms with van der Waals surface area (Å²) < 4.78 is 11.4. The van der Waals surface area contributed by atoms with E-state index in [9.17, 15) is 14.4 Å². The minimum absolute atomic E-state index is 0.0203. The molecule has 0 saturated carbocycles. The molecular weight excluding hydrogens is 332 g/mol. The molecule has 5 nitrogen and oxygen atoms in total. The molecule has 1 aliphatic heterocycles. The zero-order valence-corrected chi connectivity index (χ0v) is 16.0. The van der Waals surface area contributed by atoms with E-state index in [1.165, 1.54) is 6.08 Å². The molecule has 1 fully saturated rings. The number of ether oxygens (including phenoxy) is 2. The Kier molecular flexibility index (Phi) is 4.91. The smallest absolute Gasteiger partial charge is 0.330 e. The minimum atomic E-state index is -0.478. The molecule has 5 heteroatoms. The third-order valence-electron chi connectivity index (χ3n) is 5.92. The molecule has 0 aromatic heterocycles. The van der Waals surface area contributed by atoms with Crippen LogP contribution in [0.2, 0.25) is 0 Å². The van der Waals surface area contributed by atoms with Gasteiger partial charge in [-0.2, -0.15) is 0 Å². The number of hydrogen-bond acceptors (Lipinski definition) is 5. The fraction of sp³-hybridized carbons (Fsp3) is 0.571. The lowest BCUT2D eigenvalue weighted by Gasteiger charge is -2.29. The number of hydrogen-bond donors (Lipinski definition) is 0. The molecule has 26 heavy (non-hydrogen) atoms. The van der Waals surface area contributed by atoms with Crippen LogP contribution in [0.5, 0.6) is 0 Å². The second-order valence-corrected chi connectivity index (χ2v) is 7.72. The second-order valence-electron chi connectivity index (χ2n) is 7.72. The quantitative estimate of drug-likeness (QED) is 0.572. The van der Waals surface area contributed by atoms with Crippen molar-refractivity contribution in [1.29, 1.82) is 0 Å². The topological polar surface area (TPSA) is 69.7 Å². The SMILES string of the molecule is CC/C(C)=C/C(=O)O[C@H]1CC(C)=C2C(=O)C=C(C)C2[C@H]2OC(=O)[C@@H](C)[C@H]12. The third-order valence-corrected chi connectivity index (χ3v) is 5.92. The number of fused-ring (bicyclic) bond motifs is 3. The van der Waals surface area contributed by atoms with Gasteiger partial charge in [0.1, 0.15) is 12.2 Å². The van der Waals surface area contributed by atoms with Crippen molar-refractivity contribution < 1.29 is 23.9 Å². The minimum Gasteiger partial charge on any atom is -0.461 e. The monoisotopic (exact) mass is 358 g/mol. The fourth-order valence-corrected chi connectivity index (χ4v) is 4.39. The number of rotatable bonds is 3. The Labute approximate surface area is 154 Å². The van der Waals surface area contributed by atoms with E-state index in [2.05, 4.69) is 0 Å². The predicted octanol–water partition coefficient (Wildman–Crippen LogP) is 3.30. The van der Waals surface area contributed by atoms with Crippen LogP contribution in [0.4, 0.5) is 0 Å². The molecule has 0 aromatic rings. The number of carbonyl (C=O) groups excluding carboxylic acids is 3. The highest BCUT2D eigenvalue weighted by Crippen LogP contribution is 2.48. The lowest BCUT2D eigenvalue weighted by molar-refractivity contribution is -0.147. The van der Waals surface area contributed by atoms with Gasteiger partial charge in [0.2, 0.25) is 0 Å². The summed E-state index contributed by atoms with van der Waals surface area (Å²) >= 11 is 0. The van der Waals surface area contributed by atoms with Crippen molar-refractivity contribution in [2.75, 3.05) is 0 Å². The average Bonchev–Trinajstić information content (AvgIpc) is 2.97. The van der Waals surface area contributed by atoms with Crippen LogP contribution >= 0.6 is 0 Å². The molecule has 0 amide bonds. The van der Waals surface area contributed by atoms with Gasteiger partial charge in [-0.25, -0.2) is 4.79 Å². The van der Waals surface area contributed by atoms with Crippen molar-refractivity contribution >= 4 is 17.7 Å². The van der Waals surface area contributed by atoms with Crippen molar-refractivity contribution in [1.82, 2.24) is 0 Å². The van der Waals surface area contributed by atoms with Crippen molar-refractivity contribution in [3.05, 3.63) is 34.4 Å². The summed E-state index contributed by atoms with van der Waals surface area (Å²) in [4.78, 5) is 37.1. The Morgan fingerprint density at radius 1 is 1.35 bits per heavy atom. The molecule has 1 saturated heterocycles. The fourth-order valence-electron chi connectivity index (χ4n) is 4.39. The van der Waals surface area contributed by atoms with Gasteiger partial charge < -0.3 is 9.47 Å². The standard InChI is InChI=1S/C21H26O5/c1-6-10(2)7-16(23)25-15-9-12(4)17-14(22)8-11(3)18(17)20-19(15)13(5)21(24)26-20/h7-8,13,15,18-20H,6,9H2,1-5H3/b10-7+/t13-,15-,18?,19+,20+/m0/s1. The highest BCUT2D eigenvalue weighted by Gasteiger charge is 2.55. The molecule has 0 radical (unpaired) electrons. The van der Waals surface area contributed by atoms with Gasteiger partial charge in [0.25, 0.3) is 0 Å². The Morgan fingerprint density at radius 3 is 2.69 bits per heavy atom. The van der Waals surface area contributed by atoms with Crippen LogP contribution in [-0.2, 0) is 23.9 Å². The zero-order chi connectivity index (χ0) is 19.2. The van der Waals surface area contributed by atoms with Crippen LogP contribution in [0.15, 0.2) is 34.4 Å². The summed E-state index contributed by atoms with van der Waals surface area (Å²) in [6, 6.07) is 0. The molecule has 1 unspecified atom stereocenters. The first kappa shape index (κ1) is 18.6. The Bertz CT molecular complexity index is 754. The van der Waals surface area contributed by atoms with E-state index in [4.69, 9.17) is 9.47 Å². The van der Waals surface area contributed by atoms with Crippen LogP contribution < -0.4 is 0 Å². The molecule has 0 N–H and O–H groups in total. The van der Waals surface area contributed by atoms with Crippen molar-refractivity contribution in [2.45, 2.75) is 59.7 Å². The molecule has 5 atom stereocenters. The first-order chi connectivity index (χ1) is 12.2. The first-order valence-electron chi connectivity index (χ1n) is 9.25. The summed E-state index contributed by atoms with van der Waals surface area (Å²) in [7, 11) is 0. The van der Waals surface area contributed by atoms with Gasteiger partial charge in [0, 0.05) is 29.9 Å². The van der Waals surface area contributed by atoms with Gasteiger partial charge >= 0.3 is 11.9 Å². The summed E-state index contributed by atoms with van der Waals surface area (Å²) in [5.74, 6) is -1.56. The molecule has 140 valence electrons. The molecule has 3 rings (SSSR count). The zero-order valence-electron chi connectivity index (χ0n) is 16.0. The molecule has 2 aliphatic carbocycles. The van der Waals surface area contributed by atoms with Crippen LogP contribution in [0.1, 0.15) is 47.5 Å². The largest absolute Gasteiger partial charge is 0.461 e. The van der Waals surface area contributed by atoms with Crippen molar-refractivity contribution in [2.24, 2.45) is 17.8 Å². The molecule has 0 aromatic carbocycles. The molecule has 0 spiro atoms. The number of allylic oxidation sites excluding steroid dienone is 2. The lowest BCUT2D eigenvalue weighted by atomic mass is 9.79. The van der Waals surface area contributed by atoms with Crippen LogP contribution in [0.25, 0.3) is 0 Å². The Hall–Kier alpha value is -2.17. The maximum atomic E-state index is 12.5. The third kappa shape index (κ3) is 3.04. The van der Waals surface area contributed by atoms with E-state index in [1.54, 1.807) is 6.08 Å². The highest BCUT2D eigenvalue weighted by atomic mass is 16.6. The van der Waals surface area contributed by atoms with Crippen molar-refractivity contribution in [3.63, 3.8) is 0 Å². The van der Waals surface area contributed by atoms with E-state index in [0.29, 0.717) is 12.0 Å². The molecular formula is C21H26O5. The van der Waals surface area contributed by atoms with E-state index in [0.717, 1.165) is 23.1 Å². The van der Waals surface area contributed by atoms with Crippen LogP contribution in [0.3, 0.4) is 0 Å². The van der Waals surface area contributed by atoms with E-state index < -0.39 is 18.2 Å². The molecule has 1 heterocycles. The summed E-state index contributed by atoms with van der Waals surface area (Å²) in [5, 5.41) is 0. The normalized spacial score (nSPS) is 34.1. The van der Waals surface area contributed by atoms with Crippen LogP contribution in [-0.4, -0.2) is 29.9 Å². The highest BCUT2D eigenvalue weighted by molar-refractivity contribution is 6.09. The van der Waals surface area contributed by atoms with Crippen molar-refractivity contribution in [3.8, 4) is 0 Å².